The molecule has 0 bridgehead atoms. The number of hydrogen-bond donors (Lipinski definition) is 2. The Hall–Kier alpha value is -2.63. The highest BCUT2D eigenvalue weighted by Gasteiger charge is 2.30. The summed E-state index contributed by atoms with van der Waals surface area (Å²) in [6.45, 7) is 5.10. The maximum Gasteiger partial charge on any atom is 0.269 e. The SMILES string of the molecule is CCc1ccc(C(C)NC(C=O)C(=Nc2ccc(Cl)c(S(=O)(=O)N(C)OC)c2O)C(C)=O)cc1. The van der Waals surface area contributed by atoms with Crippen LogP contribution in [0.2, 0.25) is 5.02 Å². The molecule has 0 aliphatic rings. The van der Waals surface area contributed by atoms with E-state index in [0.29, 0.717) is 10.8 Å². The minimum atomic E-state index is -4.33. The van der Waals surface area contributed by atoms with Gasteiger partial charge in [0.2, 0.25) is 0 Å². The number of phenols is 1. The fourth-order valence-corrected chi connectivity index (χ4v) is 4.75. The average molecular weight is 510 g/mol. The Labute approximate surface area is 204 Å². The van der Waals surface area contributed by atoms with Crippen LogP contribution in [-0.2, 0) is 30.9 Å². The molecule has 34 heavy (non-hydrogen) atoms. The summed E-state index contributed by atoms with van der Waals surface area (Å²) >= 11 is 6.03. The number of carbonyl (C=O) groups is 2. The molecule has 2 N–H and O–H groups in total. The maximum absolute atomic E-state index is 12.7. The highest BCUT2D eigenvalue weighted by molar-refractivity contribution is 7.89. The molecule has 0 spiro atoms. The molecule has 0 fully saturated rings. The van der Waals surface area contributed by atoms with E-state index in [-0.39, 0.29) is 22.5 Å². The van der Waals surface area contributed by atoms with E-state index in [4.69, 9.17) is 16.4 Å². The minimum Gasteiger partial charge on any atom is -0.504 e. The second-order valence-corrected chi connectivity index (χ2v) is 9.77. The van der Waals surface area contributed by atoms with Crippen LogP contribution >= 0.6 is 11.6 Å². The van der Waals surface area contributed by atoms with Crippen LogP contribution in [0, 0.1) is 0 Å². The van der Waals surface area contributed by atoms with Crippen LogP contribution in [0.3, 0.4) is 0 Å². The van der Waals surface area contributed by atoms with Crippen molar-refractivity contribution >= 4 is 45.1 Å². The first-order chi connectivity index (χ1) is 16.0. The number of aliphatic imine (C=N–C) groups is 1. The Balaban J connectivity index is 2.49. The van der Waals surface area contributed by atoms with E-state index in [1.807, 2.05) is 38.1 Å². The van der Waals surface area contributed by atoms with Crippen molar-refractivity contribution in [1.29, 1.82) is 0 Å². The summed E-state index contributed by atoms with van der Waals surface area (Å²) in [5, 5.41) is 13.5. The van der Waals surface area contributed by atoms with Gasteiger partial charge in [-0.15, -0.1) is 0 Å². The summed E-state index contributed by atoms with van der Waals surface area (Å²) in [7, 11) is -2.06. The number of nitrogens with one attached hydrogen (secondary N) is 1. The molecule has 2 aromatic carbocycles. The van der Waals surface area contributed by atoms with Crippen LogP contribution in [0.25, 0.3) is 0 Å². The van der Waals surface area contributed by atoms with E-state index < -0.39 is 32.5 Å². The van der Waals surface area contributed by atoms with Crippen molar-refractivity contribution in [1.82, 2.24) is 9.79 Å². The van der Waals surface area contributed by atoms with Gasteiger partial charge in [0.25, 0.3) is 10.0 Å². The molecule has 0 aliphatic carbocycles. The second kappa shape index (κ2) is 11.7. The van der Waals surface area contributed by atoms with Crippen molar-refractivity contribution in [2.75, 3.05) is 14.2 Å². The van der Waals surface area contributed by atoms with Crippen LogP contribution in [0.4, 0.5) is 5.69 Å². The van der Waals surface area contributed by atoms with Gasteiger partial charge >= 0.3 is 0 Å². The molecular weight excluding hydrogens is 482 g/mol. The van der Waals surface area contributed by atoms with Crippen LogP contribution in [0.5, 0.6) is 5.75 Å². The molecule has 0 amide bonds. The number of halogens is 1. The third-order valence-corrected chi connectivity index (χ3v) is 7.45. The number of rotatable bonds is 11. The van der Waals surface area contributed by atoms with Gasteiger partial charge < -0.3 is 9.90 Å². The molecule has 0 aliphatic heterocycles. The summed E-state index contributed by atoms with van der Waals surface area (Å²) in [6, 6.07) is 8.86. The van der Waals surface area contributed by atoms with Crippen LogP contribution in [-0.4, -0.2) is 56.0 Å². The largest absolute Gasteiger partial charge is 0.504 e. The van der Waals surface area contributed by atoms with Crippen molar-refractivity contribution < 1.29 is 28.0 Å². The van der Waals surface area contributed by atoms with Gasteiger partial charge in [0, 0.05) is 20.0 Å². The summed E-state index contributed by atoms with van der Waals surface area (Å²) in [4.78, 5) is 32.5. The fraction of sp³-hybridized carbons (Fsp3) is 0.348. The average Bonchev–Trinajstić information content (AvgIpc) is 2.81. The lowest BCUT2D eigenvalue weighted by Gasteiger charge is -2.21. The number of hydroxylamine groups is 1. The topological polar surface area (TPSA) is 125 Å². The van der Waals surface area contributed by atoms with E-state index >= 15 is 0 Å². The first kappa shape index (κ1) is 27.6. The number of sulfonamides is 1. The number of hydrogen-bond acceptors (Lipinski definition) is 8. The lowest BCUT2D eigenvalue weighted by molar-refractivity contribution is -0.113. The van der Waals surface area contributed by atoms with Crippen molar-refractivity contribution in [3.8, 4) is 5.75 Å². The molecule has 0 radical (unpaired) electrons. The number of aldehydes is 1. The minimum absolute atomic E-state index is 0.201. The molecular formula is C23H28ClN3O6S. The lowest BCUT2D eigenvalue weighted by Crippen LogP contribution is -2.42. The summed E-state index contributed by atoms with van der Waals surface area (Å²) < 4.78 is 25.9. The number of ketones is 1. The van der Waals surface area contributed by atoms with Gasteiger partial charge in [-0.2, -0.15) is 0 Å². The number of aryl methyl sites for hydroxylation is 1. The molecule has 2 unspecified atom stereocenters. The number of phenolic OH excluding ortho intramolecular Hbond substituents is 1. The number of carbonyl (C=O) groups excluding carboxylic acids is 2. The first-order valence-corrected chi connectivity index (χ1v) is 12.2. The van der Waals surface area contributed by atoms with Gasteiger partial charge in [0.1, 0.15) is 28.6 Å². The van der Waals surface area contributed by atoms with Crippen molar-refractivity contribution in [3.63, 3.8) is 0 Å². The number of aromatic hydroxyl groups is 1. The molecule has 9 nitrogen and oxygen atoms in total. The number of Topliss-reactive ketones (excluding diaryl/α,β-unsaturated/α-hetero) is 1. The monoisotopic (exact) mass is 509 g/mol. The third kappa shape index (κ3) is 6.08. The zero-order chi connectivity index (χ0) is 25.6. The number of nitrogens with zero attached hydrogens (tertiary/aromatic N) is 2. The van der Waals surface area contributed by atoms with E-state index in [2.05, 4.69) is 10.3 Å². The van der Waals surface area contributed by atoms with Gasteiger partial charge in [-0.05, 0) is 36.6 Å². The molecule has 2 aromatic rings. The van der Waals surface area contributed by atoms with E-state index in [1.54, 1.807) is 0 Å². The van der Waals surface area contributed by atoms with E-state index in [9.17, 15) is 23.1 Å². The van der Waals surface area contributed by atoms with Crippen LogP contribution in [0.1, 0.15) is 37.9 Å². The van der Waals surface area contributed by atoms with Crippen molar-refractivity contribution in [2.45, 2.75) is 44.2 Å². The predicted molar refractivity (Wildman–Crippen MR) is 130 cm³/mol. The van der Waals surface area contributed by atoms with Gasteiger partial charge in [-0.25, -0.2) is 13.4 Å². The third-order valence-electron chi connectivity index (χ3n) is 5.27. The van der Waals surface area contributed by atoms with Crippen LogP contribution < -0.4 is 5.32 Å². The Morgan fingerprint density at radius 1 is 1.26 bits per heavy atom. The van der Waals surface area contributed by atoms with E-state index in [0.717, 1.165) is 31.7 Å². The highest BCUT2D eigenvalue weighted by Crippen LogP contribution is 2.40. The van der Waals surface area contributed by atoms with Crippen LogP contribution in [0.15, 0.2) is 46.3 Å². The van der Waals surface area contributed by atoms with Gasteiger partial charge in [0.15, 0.2) is 11.5 Å². The zero-order valence-corrected chi connectivity index (χ0v) is 21.1. The molecule has 0 aromatic heterocycles. The number of benzene rings is 2. The lowest BCUT2D eigenvalue weighted by atomic mass is 10.0. The molecule has 2 rings (SSSR count). The predicted octanol–water partition coefficient (Wildman–Crippen LogP) is 3.37. The quantitative estimate of drug-likeness (QED) is 0.270. The molecule has 0 heterocycles. The summed E-state index contributed by atoms with van der Waals surface area (Å²) in [5.74, 6) is -1.31. The molecule has 0 saturated heterocycles. The Morgan fingerprint density at radius 2 is 1.88 bits per heavy atom. The van der Waals surface area contributed by atoms with Gasteiger partial charge in [0.05, 0.1) is 12.1 Å². The van der Waals surface area contributed by atoms with Gasteiger partial charge in [-0.3, -0.25) is 14.9 Å². The Morgan fingerprint density at radius 3 is 2.38 bits per heavy atom. The summed E-state index contributed by atoms with van der Waals surface area (Å²) in [6.07, 6.45) is 1.42. The van der Waals surface area contributed by atoms with Crippen molar-refractivity contribution in [2.24, 2.45) is 4.99 Å². The summed E-state index contributed by atoms with van der Waals surface area (Å²) in [5.41, 5.74) is 1.62. The normalized spacial score (nSPS) is 14.1. The molecule has 2 atom stereocenters. The maximum atomic E-state index is 12.7. The molecule has 0 saturated carbocycles. The standard InChI is InChI=1S/C23H28ClN3O6S/c1-6-16-7-9-17(10-8-16)14(2)25-20(13-28)21(15(3)29)26-19-12-11-18(24)23(22(19)30)34(31,32)27(4)33-5/h7-14,20,25,30H,6H2,1-5H3. The first-order valence-electron chi connectivity index (χ1n) is 10.4. The highest BCUT2D eigenvalue weighted by atomic mass is 35.5. The second-order valence-electron chi connectivity index (χ2n) is 7.49. The fourth-order valence-electron chi connectivity index (χ4n) is 3.19. The molecule has 184 valence electrons. The molecule has 11 heteroatoms. The smallest absolute Gasteiger partial charge is 0.269 e. The van der Waals surface area contributed by atoms with Gasteiger partial charge in [-0.1, -0.05) is 47.3 Å². The Kier molecular flexibility index (Phi) is 9.48. The zero-order valence-electron chi connectivity index (χ0n) is 19.6. The van der Waals surface area contributed by atoms with Crippen molar-refractivity contribution in [3.05, 3.63) is 52.5 Å². The van der Waals surface area contributed by atoms with E-state index in [1.165, 1.54) is 19.1 Å². The Bertz CT molecular complexity index is 1180.